The fourth-order valence-corrected chi connectivity index (χ4v) is 4.54. The number of fused-ring (bicyclic) bond motifs is 1. The van der Waals surface area contributed by atoms with Gasteiger partial charge in [0, 0.05) is 31.0 Å². The number of alkyl halides is 3. The maximum absolute atomic E-state index is 13.8. The number of nitrogens with one attached hydrogen (secondary N) is 2. The van der Waals surface area contributed by atoms with Gasteiger partial charge in [0.1, 0.15) is 0 Å². The third-order valence-corrected chi connectivity index (χ3v) is 6.44. The summed E-state index contributed by atoms with van der Waals surface area (Å²) in [6.07, 6.45) is -3.75. The fraction of sp³-hybridized carbons (Fsp3) is 0.286. The number of carbonyl (C=O) groups is 1. The highest BCUT2D eigenvalue weighted by molar-refractivity contribution is 5.90. The van der Waals surface area contributed by atoms with Crippen molar-refractivity contribution in [3.05, 3.63) is 78.6 Å². The van der Waals surface area contributed by atoms with Crippen molar-refractivity contribution in [2.75, 3.05) is 44.7 Å². The summed E-state index contributed by atoms with van der Waals surface area (Å²) in [6, 6.07) is 20.3. The molecule has 0 atom stereocenters. The molecule has 0 spiro atoms. The van der Waals surface area contributed by atoms with E-state index in [1.54, 1.807) is 60.7 Å². The van der Waals surface area contributed by atoms with E-state index in [2.05, 4.69) is 20.5 Å². The number of urea groups is 1. The van der Waals surface area contributed by atoms with Gasteiger partial charge in [-0.3, -0.25) is 9.47 Å². The number of anilines is 1. The zero-order valence-electron chi connectivity index (χ0n) is 20.7. The van der Waals surface area contributed by atoms with Crippen LogP contribution in [-0.2, 0) is 10.9 Å². The van der Waals surface area contributed by atoms with Crippen LogP contribution in [0.15, 0.2) is 72.8 Å². The average Bonchev–Trinajstić information content (AvgIpc) is 3.32. The van der Waals surface area contributed by atoms with Crippen molar-refractivity contribution in [2.24, 2.45) is 0 Å². The second-order valence-electron chi connectivity index (χ2n) is 9.07. The Hall–Kier alpha value is -3.89. The summed E-state index contributed by atoms with van der Waals surface area (Å²) in [5, 5.41) is 5.67. The summed E-state index contributed by atoms with van der Waals surface area (Å²) in [4.78, 5) is 18.5. The molecular weight excluding hydrogens is 495 g/mol. The smallest absolute Gasteiger partial charge is 0.379 e. The molecule has 7 nitrogen and oxygen atoms in total. The molecule has 2 amide bonds. The Balaban J connectivity index is 1.25. The summed E-state index contributed by atoms with van der Waals surface area (Å²) >= 11 is 0. The first-order chi connectivity index (χ1) is 18.4. The van der Waals surface area contributed by atoms with E-state index in [1.807, 2.05) is 12.1 Å². The predicted molar refractivity (Wildman–Crippen MR) is 140 cm³/mol. The van der Waals surface area contributed by atoms with Gasteiger partial charge in [-0.05, 0) is 60.5 Å². The van der Waals surface area contributed by atoms with Gasteiger partial charge in [0.2, 0.25) is 5.82 Å². The van der Waals surface area contributed by atoms with Crippen LogP contribution < -0.4 is 10.6 Å². The fourth-order valence-electron chi connectivity index (χ4n) is 4.54. The van der Waals surface area contributed by atoms with E-state index < -0.39 is 12.0 Å². The van der Waals surface area contributed by atoms with Gasteiger partial charge < -0.3 is 15.4 Å². The molecule has 38 heavy (non-hydrogen) atoms. The largest absolute Gasteiger partial charge is 0.450 e. The Bertz CT molecular complexity index is 1380. The number of para-hydroxylation sites is 1. The van der Waals surface area contributed by atoms with E-state index >= 15 is 0 Å². The Kier molecular flexibility index (Phi) is 7.62. The first-order valence-corrected chi connectivity index (χ1v) is 12.5. The molecule has 1 aromatic heterocycles. The van der Waals surface area contributed by atoms with Crippen LogP contribution in [0.5, 0.6) is 0 Å². The summed E-state index contributed by atoms with van der Waals surface area (Å²) in [6.45, 7) is 4.83. The molecule has 0 radical (unpaired) electrons. The number of ether oxygens (including phenoxy) is 1. The highest BCUT2D eigenvalue weighted by atomic mass is 19.4. The monoisotopic (exact) mass is 523 g/mol. The summed E-state index contributed by atoms with van der Waals surface area (Å²) in [7, 11) is 0. The minimum Gasteiger partial charge on any atom is -0.379 e. The molecule has 0 aliphatic carbocycles. The lowest BCUT2D eigenvalue weighted by atomic mass is 10.0. The molecule has 1 saturated heterocycles. The molecule has 0 saturated carbocycles. The van der Waals surface area contributed by atoms with Gasteiger partial charge in [0.15, 0.2) is 0 Å². The molecule has 0 bridgehead atoms. The molecule has 198 valence electrons. The van der Waals surface area contributed by atoms with Crippen molar-refractivity contribution in [2.45, 2.75) is 12.6 Å². The second kappa shape index (κ2) is 11.2. The van der Waals surface area contributed by atoms with Crippen LogP contribution in [0.3, 0.4) is 0 Å². The van der Waals surface area contributed by atoms with Crippen molar-refractivity contribution < 1.29 is 22.7 Å². The summed E-state index contributed by atoms with van der Waals surface area (Å²) in [5.74, 6) is -0.966. The molecular formula is C28H28F3N5O2. The van der Waals surface area contributed by atoms with E-state index in [0.29, 0.717) is 23.4 Å². The number of hydrogen-bond donors (Lipinski definition) is 2. The van der Waals surface area contributed by atoms with Crippen molar-refractivity contribution >= 4 is 22.8 Å². The lowest BCUT2D eigenvalue weighted by Crippen LogP contribution is -2.38. The highest BCUT2D eigenvalue weighted by Crippen LogP contribution is 2.35. The molecule has 4 aromatic rings. The van der Waals surface area contributed by atoms with Crippen molar-refractivity contribution in [1.82, 2.24) is 19.8 Å². The number of rotatable bonds is 7. The average molecular weight is 524 g/mol. The lowest BCUT2D eigenvalue weighted by molar-refractivity contribution is -0.145. The lowest BCUT2D eigenvalue weighted by Gasteiger charge is -2.26. The quantitative estimate of drug-likeness (QED) is 0.312. The minimum atomic E-state index is -4.61. The molecule has 1 aliphatic rings. The zero-order valence-corrected chi connectivity index (χ0v) is 20.7. The van der Waals surface area contributed by atoms with Gasteiger partial charge in [-0.15, -0.1) is 0 Å². The Labute approximate surface area is 218 Å². The molecule has 1 aliphatic heterocycles. The minimum absolute atomic E-state index is 0.248. The standard InChI is InChI=1S/C28H28F3N5O2/c29-28(30,31)26-34-24-19-21(9-12-25(24)36(26)23-5-2-1-3-6-23)20-7-10-22(11-8-20)33-27(37)32-13-4-14-35-15-17-38-18-16-35/h1-3,5-12,19H,4,13-18H2,(H2,32,33,37). The van der Waals surface area contributed by atoms with E-state index in [0.717, 1.165) is 55.0 Å². The second-order valence-corrected chi connectivity index (χ2v) is 9.07. The van der Waals surface area contributed by atoms with Crippen LogP contribution in [0.2, 0.25) is 0 Å². The third kappa shape index (κ3) is 5.98. The Morgan fingerprint density at radius 1 is 0.947 bits per heavy atom. The summed E-state index contributed by atoms with van der Waals surface area (Å²) < 4.78 is 47.9. The SMILES string of the molecule is O=C(NCCCN1CCOCC1)Nc1ccc(-c2ccc3c(c2)nc(C(F)(F)F)n3-c2ccccc2)cc1. The van der Waals surface area contributed by atoms with Gasteiger partial charge in [0.05, 0.1) is 24.2 Å². The van der Waals surface area contributed by atoms with Crippen molar-refractivity contribution in [3.63, 3.8) is 0 Å². The van der Waals surface area contributed by atoms with E-state index in [9.17, 15) is 18.0 Å². The van der Waals surface area contributed by atoms with E-state index in [4.69, 9.17) is 4.74 Å². The van der Waals surface area contributed by atoms with Crippen LogP contribution in [0.4, 0.5) is 23.7 Å². The summed E-state index contributed by atoms with van der Waals surface area (Å²) in [5.41, 5.74) is 3.15. The van der Waals surface area contributed by atoms with Gasteiger partial charge in [-0.1, -0.05) is 36.4 Å². The molecule has 10 heteroatoms. The maximum Gasteiger partial charge on any atom is 0.450 e. The van der Waals surface area contributed by atoms with Crippen LogP contribution in [-0.4, -0.2) is 59.9 Å². The number of amides is 2. The van der Waals surface area contributed by atoms with Gasteiger partial charge >= 0.3 is 12.2 Å². The zero-order chi connectivity index (χ0) is 26.5. The first kappa shape index (κ1) is 25.7. The van der Waals surface area contributed by atoms with Gasteiger partial charge in [-0.2, -0.15) is 13.2 Å². The predicted octanol–water partition coefficient (Wildman–Crippen LogP) is 5.56. The van der Waals surface area contributed by atoms with Crippen molar-refractivity contribution in [3.8, 4) is 16.8 Å². The number of aromatic nitrogens is 2. The number of morpholine rings is 1. The number of hydrogen-bond acceptors (Lipinski definition) is 4. The third-order valence-electron chi connectivity index (χ3n) is 6.44. The van der Waals surface area contributed by atoms with E-state index in [-0.39, 0.29) is 11.5 Å². The normalized spacial score (nSPS) is 14.5. The van der Waals surface area contributed by atoms with Gasteiger partial charge in [-0.25, -0.2) is 9.78 Å². The van der Waals surface area contributed by atoms with Gasteiger partial charge in [0.25, 0.3) is 0 Å². The van der Waals surface area contributed by atoms with Crippen molar-refractivity contribution in [1.29, 1.82) is 0 Å². The van der Waals surface area contributed by atoms with E-state index in [1.165, 1.54) is 0 Å². The van der Waals surface area contributed by atoms with Crippen LogP contribution in [0.25, 0.3) is 27.8 Å². The number of benzene rings is 3. The molecule has 0 unspecified atom stereocenters. The molecule has 2 heterocycles. The number of halogens is 3. The molecule has 1 fully saturated rings. The number of carbonyl (C=O) groups excluding carboxylic acids is 1. The Morgan fingerprint density at radius 3 is 2.37 bits per heavy atom. The highest BCUT2D eigenvalue weighted by Gasteiger charge is 2.38. The first-order valence-electron chi connectivity index (χ1n) is 12.5. The van der Waals surface area contributed by atoms with Crippen LogP contribution in [0.1, 0.15) is 12.2 Å². The topological polar surface area (TPSA) is 71.4 Å². The number of imidazole rings is 1. The van der Waals surface area contributed by atoms with Crippen LogP contribution in [0, 0.1) is 0 Å². The molecule has 3 aromatic carbocycles. The number of nitrogens with zero attached hydrogens (tertiary/aromatic N) is 3. The maximum atomic E-state index is 13.8. The Morgan fingerprint density at radius 2 is 1.66 bits per heavy atom. The molecule has 2 N–H and O–H groups in total. The van der Waals surface area contributed by atoms with Crippen LogP contribution >= 0.6 is 0 Å². The molecule has 5 rings (SSSR count).